The zero-order chi connectivity index (χ0) is 17.0. The van der Waals surface area contributed by atoms with Crippen molar-refractivity contribution < 1.29 is 15.0 Å². The molecule has 1 amide bonds. The van der Waals surface area contributed by atoms with Crippen LogP contribution in [0, 0.1) is 0 Å². The van der Waals surface area contributed by atoms with Crippen LogP contribution in [0.1, 0.15) is 40.5 Å². The summed E-state index contributed by atoms with van der Waals surface area (Å²) >= 11 is 0. The second-order valence-corrected chi connectivity index (χ2v) is 6.68. The maximum absolute atomic E-state index is 11.6. The zero-order valence-electron chi connectivity index (χ0n) is 13.9. The summed E-state index contributed by atoms with van der Waals surface area (Å²) in [6.45, 7) is 8.38. The van der Waals surface area contributed by atoms with Gasteiger partial charge in [-0.3, -0.25) is 9.48 Å². The molecule has 6 nitrogen and oxygen atoms in total. The molecule has 0 unspecified atom stereocenters. The highest BCUT2D eigenvalue weighted by Gasteiger charge is 2.31. The van der Waals surface area contributed by atoms with E-state index >= 15 is 0 Å². The van der Waals surface area contributed by atoms with Gasteiger partial charge in [-0.2, -0.15) is 5.10 Å². The molecule has 2 rings (SSSR count). The number of hydrogen-bond acceptors (Lipinski definition) is 4. The molecular weight excluding hydrogens is 281 g/mol. The molecule has 2 heterocycles. The largest absolute Gasteiger partial charge is 0.387 e. The number of nitrogens with zero attached hydrogens (tertiary/aromatic N) is 3. The van der Waals surface area contributed by atoms with Crippen LogP contribution in [-0.2, 0) is 11.3 Å². The van der Waals surface area contributed by atoms with Gasteiger partial charge in [0, 0.05) is 25.5 Å². The highest BCUT2D eigenvalue weighted by molar-refractivity contribution is 6.31. The molecule has 122 valence electrons. The summed E-state index contributed by atoms with van der Waals surface area (Å²) in [5.74, 6) is 0.130. The molecule has 1 aliphatic heterocycles. The molecular formula is C15H26BN3O3. The van der Waals surface area contributed by atoms with E-state index in [9.17, 15) is 4.79 Å². The number of rotatable bonds is 3. The van der Waals surface area contributed by atoms with E-state index < -0.39 is 11.2 Å². The number of aromatic nitrogens is 2. The molecule has 1 saturated heterocycles. The van der Waals surface area contributed by atoms with Gasteiger partial charge in [0.05, 0.1) is 11.2 Å². The van der Waals surface area contributed by atoms with Crippen LogP contribution in [0.25, 0.3) is 0 Å². The smallest absolute Gasteiger partial charge is 0.244 e. The fourth-order valence-corrected chi connectivity index (χ4v) is 1.67. The normalized spacial score (nSPS) is 15.5. The Hall–Kier alpha value is -1.34. The lowest BCUT2D eigenvalue weighted by molar-refractivity contribution is -0.130. The predicted octanol–water partition coefficient (Wildman–Crippen LogP) is -0.172. The monoisotopic (exact) mass is 307 g/mol. The van der Waals surface area contributed by atoms with E-state index in [1.807, 2.05) is 4.90 Å². The van der Waals surface area contributed by atoms with Gasteiger partial charge >= 0.3 is 0 Å². The first-order chi connectivity index (χ1) is 10.0. The number of carbonyl (C=O) groups excluding carboxylic acids is 1. The molecule has 1 aromatic rings. The Morgan fingerprint density at radius 1 is 1.23 bits per heavy atom. The van der Waals surface area contributed by atoms with Crippen molar-refractivity contribution in [2.24, 2.45) is 0 Å². The second kappa shape index (κ2) is 7.29. The first-order valence-electron chi connectivity index (χ1n) is 7.51. The van der Waals surface area contributed by atoms with E-state index in [2.05, 4.69) is 5.10 Å². The third kappa shape index (κ3) is 5.81. The lowest BCUT2D eigenvalue weighted by atomic mass is 9.90. The van der Waals surface area contributed by atoms with Gasteiger partial charge in [-0.15, -0.1) is 0 Å². The van der Waals surface area contributed by atoms with E-state index in [1.165, 1.54) is 0 Å². The Labute approximate surface area is 133 Å². The van der Waals surface area contributed by atoms with Crippen LogP contribution in [0.4, 0.5) is 0 Å². The van der Waals surface area contributed by atoms with Crippen LogP contribution in [0.15, 0.2) is 12.4 Å². The average Bonchev–Trinajstić information content (AvgIpc) is 2.98. The highest BCUT2D eigenvalue weighted by atomic mass is 16.3. The lowest BCUT2D eigenvalue weighted by Crippen LogP contribution is -2.44. The number of amides is 1. The molecule has 2 N–H and O–H groups in total. The summed E-state index contributed by atoms with van der Waals surface area (Å²) in [6, 6.07) is 0. The second-order valence-electron chi connectivity index (χ2n) is 6.68. The standard InChI is InChI=1S/C9H12BN3O.C6H14O2/c10-8-5-11-13(6-8)7-9(14)12-3-1-2-4-12;1-5(2,7)6(3,4)8/h5-6H,1-4,7H2;7-8H,1-4H3. The third-order valence-corrected chi connectivity index (χ3v) is 3.91. The Bertz CT molecular complexity index is 471. The molecule has 0 saturated carbocycles. The molecule has 0 spiro atoms. The fraction of sp³-hybridized carbons (Fsp3) is 0.733. The molecule has 7 heteroatoms. The van der Waals surface area contributed by atoms with Gasteiger partial charge in [0.2, 0.25) is 5.91 Å². The van der Waals surface area contributed by atoms with Crippen LogP contribution in [0.2, 0.25) is 0 Å². The molecule has 0 atom stereocenters. The number of likely N-dealkylation sites (tertiary alicyclic amines) is 1. The maximum Gasteiger partial charge on any atom is 0.244 e. The van der Waals surface area contributed by atoms with Crippen molar-refractivity contribution in [3.05, 3.63) is 12.4 Å². The van der Waals surface area contributed by atoms with Crippen LogP contribution < -0.4 is 5.46 Å². The minimum atomic E-state index is -1.01. The Kier molecular flexibility index (Phi) is 6.20. The van der Waals surface area contributed by atoms with Gasteiger partial charge in [0.15, 0.2) is 0 Å². The van der Waals surface area contributed by atoms with Crippen molar-refractivity contribution in [3.8, 4) is 0 Å². The minimum absolute atomic E-state index is 0.130. The number of hydrogen-bond donors (Lipinski definition) is 2. The Balaban J connectivity index is 0.000000261. The fourth-order valence-electron chi connectivity index (χ4n) is 1.67. The summed E-state index contributed by atoms with van der Waals surface area (Å²) in [7, 11) is 5.50. The van der Waals surface area contributed by atoms with Crippen molar-refractivity contribution in [1.29, 1.82) is 0 Å². The topological polar surface area (TPSA) is 78.6 Å². The van der Waals surface area contributed by atoms with Gasteiger partial charge in [-0.05, 0) is 40.5 Å². The van der Waals surface area contributed by atoms with Gasteiger partial charge < -0.3 is 15.1 Å². The number of carbonyl (C=O) groups is 1. The van der Waals surface area contributed by atoms with Crippen LogP contribution >= 0.6 is 0 Å². The summed E-state index contributed by atoms with van der Waals surface area (Å²) < 4.78 is 1.58. The first kappa shape index (κ1) is 18.7. The Morgan fingerprint density at radius 2 is 1.73 bits per heavy atom. The van der Waals surface area contributed by atoms with Crippen molar-refractivity contribution in [1.82, 2.24) is 14.7 Å². The van der Waals surface area contributed by atoms with Crippen molar-refractivity contribution in [2.75, 3.05) is 13.1 Å². The Morgan fingerprint density at radius 3 is 2.09 bits per heavy atom. The maximum atomic E-state index is 11.6. The first-order valence-corrected chi connectivity index (χ1v) is 7.51. The van der Waals surface area contributed by atoms with Crippen LogP contribution in [-0.4, -0.2) is 62.9 Å². The lowest BCUT2D eigenvalue weighted by Gasteiger charge is -2.31. The van der Waals surface area contributed by atoms with E-state index in [0.29, 0.717) is 12.0 Å². The summed E-state index contributed by atoms with van der Waals surface area (Å²) in [5.41, 5.74) is -1.42. The molecule has 22 heavy (non-hydrogen) atoms. The molecule has 0 aliphatic carbocycles. The molecule has 0 aromatic carbocycles. The molecule has 1 fully saturated rings. The number of aliphatic hydroxyl groups is 2. The average molecular weight is 307 g/mol. The van der Waals surface area contributed by atoms with Crippen molar-refractivity contribution >= 4 is 19.2 Å². The quantitative estimate of drug-likeness (QED) is 0.760. The highest BCUT2D eigenvalue weighted by Crippen LogP contribution is 2.19. The summed E-state index contributed by atoms with van der Waals surface area (Å²) in [6.07, 6.45) is 5.46. The van der Waals surface area contributed by atoms with Gasteiger partial charge in [-0.1, -0.05) is 5.46 Å². The van der Waals surface area contributed by atoms with E-state index in [4.69, 9.17) is 18.1 Å². The molecule has 2 radical (unpaired) electrons. The van der Waals surface area contributed by atoms with E-state index in [1.54, 1.807) is 44.8 Å². The van der Waals surface area contributed by atoms with Gasteiger partial charge in [-0.25, -0.2) is 0 Å². The van der Waals surface area contributed by atoms with Crippen molar-refractivity contribution in [3.63, 3.8) is 0 Å². The summed E-state index contributed by atoms with van der Waals surface area (Å²) in [4.78, 5) is 13.5. The van der Waals surface area contributed by atoms with Crippen LogP contribution in [0.5, 0.6) is 0 Å². The molecule has 1 aromatic heterocycles. The van der Waals surface area contributed by atoms with E-state index in [-0.39, 0.29) is 5.91 Å². The molecule has 1 aliphatic rings. The third-order valence-electron chi connectivity index (χ3n) is 3.91. The van der Waals surface area contributed by atoms with E-state index in [0.717, 1.165) is 25.9 Å². The van der Waals surface area contributed by atoms with Gasteiger partial charge in [0.1, 0.15) is 14.4 Å². The zero-order valence-corrected chi connectivity index (χ0v) is 13.9. The summed E-state index contributed by atoms with van der Waals surface area (Å²) in [5, 5.41) is 22.2. The SMILES string of the molecule is CC(C)(O)C(C)(C)O.[B]c1cnn(CC(=O)N2CCCC2)c1. The molecule has 0 bridgehead atoms. The van der Waals surface area contributed by atoms with Gasteiger partial charge in [0.25, 0.3) is 0 Å². The predicted molar refractivity (Wildman–Crippen MR) is 86.0 cm³/mol. The minimum Gasteiger partial charge on any atom is -0.387 e. The van der Waals surface area contributed by atoms with Crippen molar-refractivity contribution in [2.45, 2.75) is 58.3 Å². The van der Waals surface area contributed by atoms with Crippen LogP contribution in [0.3, 0.4) is 0 Å².